The molecule has 4 rings (SSSR count). The van der Waals surface area contributed by atoms with Gasteiger partial charge in [0.1, 0.15) is 27.1 Å². The van der Waals surface area contributed by atoms with Crippen LogP contribution in [0.15, 0.2) is 24.4 Å². The lowest BCUT2D eigenvalue weighted by Gasteiger charge is -2.49. The van der Waals surface area contributed by atoms with Gasteiger partial charge in [-0.3, -0.25) is 14.5 Å². The number of amides is 2. The van der Waals surface area contributed by atoms with Crippen LogP contribution >= 0.6 is 69.6 Å². The minimum Gasteiger partial charge on any atom is -0.477 e. The number of carbonyl (C=O) groups is 3. The maximum absolute atomic E-state index is 12.9. The standard InChI is InChI=1S/C16H15ClN8O5S5/c17-9-5(21-14(19)34-9)6(24-30)10(26)20-7-11(27)25-8(13(28)29)4(3-32-12(7)25)33-16-23-22-15(35-16)31-2-1-18/h7,12,30H,1-3,18H2,(H2,19,21)(H,20,26)(H,28,29)/b24-6-/t7-,12-/m1/s1. The molecule has 7 N–H and O–H groups in total. The Hall–Kier alpha value is -2.09. The first kappa shape index (κ1) is 26.0. The van der Waals surface area contributed by atoms with E-state index in [9.17, 15) is 24.7 Å². The van der Waals surface area contributed by atoms with Gasteiger partial charge in [-0.2, -0.15) is 0 Å². The van der Waals surface area contributed by atoms with Crippen LogP contribution in [-0.2, 0) is 14.4 Å². The zero-order valence-electron chi connectivity index (χ0n) is 17.2. The minimum atomic E-state index is -1.28. The summed E-state index contributed by atoms with van der Waals surface area (Å²) in [6.07, 6.45) is 0. The van der Waals surface area contributed by atoms with E-state index in [0.29, 0.717) is 25.9 Å². The van der Waals surface area contributed by atoms with E-state index in [2.05, 4.69) is 25.7 Å². The molecule has 2 aromatic heterocycles. The van der Waals surface area contributed by atoms with Crippen molar-refractivity contribution in [2.45, 2.75) is 20.1 Å². The molecular formula is C16H15ClN8O5S5. The predicted molar refractivity (Wildman–Crippen MR) is 135 cm³/mol. The van der Waals surface area contributed by atoms with Gasteiger partial charge in [0, 0.05) is 23.0 Å². The fourth-order valence-corrected chi connectivity index (χ4v) is 8.52. The first-order valence-corrected chi connectivity index (χ1v) is 14.3. The van der Waals surface area contributed by atoms with Crippen LogP contribution in [0.25, 0.3) is 0 Å². The van der Waals surface area contributed by atoms with Gasteiger partial charge in [-0.25, -0.2) is 9.78 Å². The second-order valence-corrected chi connectivity index (χ2v) is 13.0. The van der Waals surface area contributed by atoms with Gasteiger partial charge in [-0.15, -0.1) is 22.0 Å². The largest absolute Gasteiger partial charge is 0.477 e. The Morgan fingerprint density at radius 1 is 1.31 bits per heavy atom. The summed E-state index contributed by atoms with van der Waals surface area (Å²) in [5.74, 6) is -1.85. The molecule has 0 saturated carbocycles. The fraction of sp³-hybridized carbons (Fsp3) is 0.312. The molecule has 13 nitrogen and oxygen atoms in total. The van der Waals surface area contributed by atoms with Crippen molar-refractivity contribution < 1.29 is 24.7 Å². The molecule has 186 valence electrons. The number of carboxylic acid groups (broad SMARTS) is 1. The summed E-state index contributed by atoms with van der Waals surface area (Å²) < 4.78 is 1.29. The number of carbonyl (C=O) groups excluding carboxylic acids is 2. The van der Waals surface area contributed by atoms with Gasteiger partial charge in [-0.1, -0.05) is 63.0 Å². The van der Waals surface area contributed by atoms with Gasteiger partial charge in [0.15, 0.2) is 19.5 Å². The summed E-state index contributed by atoms with van der Waals surface area (Å²) in [4.78, 5) is 43.0. The van der Waals surface area contributed by atoms with Crippen molar-refractivity contribution in [3.8, 4) is 0 Å². The molecule has 0 aromatic carbocycles. The van der Waals surface area contributed by atoms with Crippen molar-refractivity contribution in [3.05, 3.63) is 20.6 Å². The topological polar surface area (TPSA) is 210 Å². The maximum atomic E-state index is 12.9. The van der Waals surface area contributed by atoms with E-state index in [1.807, 2.05) is 0 Å². The predicted octanol–water partition coefficient (Wildman–Crippen LogP) is 0.948. The average Bonchev–Trinajstić information content (AvgIpc) is 3.41. The van der Waals surface area contributed by atoms with Crippen LogP contribution in [0.1, 0.15) is 5.69 Å². The lowest BCUT2D eigenvalue weighted by atomic mass is 10.0. The summed E-state index contributed by atoms with van der Waals surface area (Å²) in [6, 6.07) is -1.04. The van der Waals surface area contributed by atoms with Gasteiger partial charge >= 0.3 is 5.97 Å². The van der Waals surface area contributed by atoms with Crippen LogP contribution in [-0.4, -0.2) is 83.4 Å². The quantitative estimate of drug-likeness (QED) is 0.0900. The van der Waals surface area contributed by atoms with Gasteiger partial charge in [0.2, 0.25) is 0 Å². The molecule has 0 radical (unpaired) electrons. The molecule has 0 bridgehead atoms. The third-order valence-electron chi connectivity index (χ3n) is 4.51. The molecule has 0 aliphatic carbocycles. The van der Waals surface area contributed by atoms with Crippen LogP contribution in [0.2, 0.25) is 4.34 Å². The number of thiazole rings is 1. The Kier molecular flexibility index (Phi) is 8.09. The van der Waals surface area contributed by atoms with Crippen LogP contribution < -0.4 is 16.8 Å². The second kappa shape index (κ2) is 10.9. The Balaban J connectivity index is 1.49. The van der Waals surface area contributed by atoms with Gasteiger partial charge in [0.25, 0.3) is 11.8 Å². The number of anilines is 1. The number of nitrogens with two attached hydrogens (primary N) is 2. The number of aromatic nitrogens is 3. The summed E-state index contributed by atoms with van der Waals surface area (Å²) in [5.41, 5.74) is 10.2. The number of rotatable bonds is 9. The average molecular weight is 595 g/mol. The number of fused-ring (bicyclic) bond motifs is 1. The third-order valence-corrected chi connectivity index (χ3v) is 10.3. The van der Waals surface area contributed by atoms with Gasteiger partial charge in [0.05, 0.1) is 0 Å². The van der Waals surface area contributed by atoms with E-state index < -0.39 is 34.9 Å². The van der Waals surface area contributed by atoms with Crippen molar-refractivity contribution in [2.24, 2.45) is 10.9 Å². The summed E-state index contributed by atoms with van der Waals surface area (Å²) in [6.45, 7) is 0.490. The summed E-state index contributed by atoms with van der Waals surface area (Å²) in [5, 5.41) is 32.1. The van der Waals surface area contributed by atoms with E-state index in [0.717, 1.165) is 28.0 Å². The highest BCUT2D eigenvalue weighted by Gasteiger charge is 2.54. The van der Waals surface area contributed by atoms with Gasteiger partial charge in [-0.05, 0) is 0 Å². The zero-order chi connectivity index (χ0) is 25.3. The second-order valence-electron chi connectivity index (χ2n) is 6.63. The number of nitrogen functional groups attached to an aromatic ring is 1. The van der Waals surface area contributed by atoms with Crippen LogP contribution in [0.4, 0.5) is 5.13 Å². The third kappa shape index (κ3) is 5.23. The van der Waals surface area contributed by atoms with Crippen molar-refractivity contribution in [1.82, 2.24) is 25.4 Å². The normalized spacial score (nSPS) is 20.0. The lowest BCUT2D eigenvalue weighted by Crippen LogP contribution is -2.71. The van der Waals surface area contributed by atoms with Crippen LogP contribution in [0.3, 0.4) is 0 Å². The molecule has 2 atom stereocenters. The van der Waals surface area contributed by atoms with Gasteiger partial charge < -0.3 is 27.1 Å². The molecule has 2 aliphatic heterocycles. The Labute approximate surface area is 222 Å². The number of carboxylic acids is 1. The smallest absolute Gasteiger partial charge is 0.353 e. The molecule has 2 amide bonds. The number of β-lactam (4-membered cyclic amide) rings is 1. The Morgan fingerprint density at radius 3 is 2.69 bits per heavy atom. The molecule has 19 heteroatoms. The highest BCUT2D eigenvalue weighted by Crippen LogP contribution is 2.46. The molecule has 1 saturated heterocycles. The van der Waals surface area contributed by atoms with Crippen molar-refractivity contribution in [3.63, 3.8) is 0 Å². The maximum Gasteiger partial charge on any atom is 0.353 e. The monoisotopic (exact) mass is 594 g/mol. The molecule has 0 unspecified atom stereocenters. The molecule has 4 heterocycles. The number of nitrogens with one attached hydrogen (secondary N) is 1. The highest BCUT2D eigenvalue weighted by molar-refractivity contribution is 8.07. The molecule has 35 heavy (non-hydrogen) atoms. The number of thioether (sulfide) groups is 3. The molecular weight excluding hydrogens is 580 g/mol. The van der Waals surface area contributed by atoms with E-state index in [4.69, 9.17) is 23.1 Å². The van der Waals surface area contributed by atoms with Crippen molar-refractivity contribution in [2.75, 3.05) is 23.8 Å². The number of oxime groups is 1. The number of aliphatic carboxylic acids is 1. The summed E-state index contributed by atoms with van der Waals surface area (Å²) in [7, 11) is 0. The van der Waals surface area contributed by atoms with E-state index in [1.54, 1.807) is 0 Å². The lowest BCUT2D eigenvalue weighted by molar-refractivity contribution is -0.150. The number of nitrogens with zero attached hydrogens (tertiary/aromatic N) is 5. The molecule has 2 aromatic rings. The highest BCUT2D eigenvalue weighted by atomic mass is 35.5. The molecule has 1 fully saturated rings. The van der Waals surface area contributed by atoms with Crippen LogP contribution in [0, 0.1) is 0 Å². The Bertz CT molecular complexity index is 1250. The van der Waals surface area contributed by atoms with E-state index in [-0.39, 0.29) is 26.6 Å². The Morgan fingerprint density at radius 2 is 2.06 bits per heavy atom. The van der Waals surface area contributed by atoms with Crippen molar-refractivity contribution >= 4 is 98.2 Å². The first-order chi connectivity index (χ1) is 16.7. The minimum absolute atomic E-state index is 0.0399. The molecule has 0 spiro atoms. The fourth-order valence-electron chi connectivity index (χ4n) is 3.09. The SMILES string of the molecule is NCCSc1nnc(SC2=C(C(=O)O)N3C(=O)[C@@H](NC(=O)/C(=N\O)c4nc(N)sc4Cl)[C@H]3SC2)s1. The molecule has 2 aliphatic rings. The number of hydrogen-bond donors (Lipinski definition) is 5. The zero-order valence-corrected chi connectivity index (χ0v) is 22.0. The van der Waals surface area contributed by atoms with E-state index >= 15 is 0 Å². The van der Waals surface area contributed by atoms with Crippen molar-refractivity contribution in [1.29, 1.82) is 0 Å². The first-order valence-electron chi connectivity index (χ1n) is 9.45. The number of halogens is 1. The number of hydrogen-bond acceptors (Lipinski definition) is 15. The summed E-state index contributed by atoms with van der Waals surface area (Å²) >= 11 is 12.0. The van der Waals surface area contributed by atoms with E-state index in [1.165, 1.54) is 34.9 Å². The van der Waals surface area contributed by atoms with Crippen LogP contribution in [0.5, 0.6) is 0 Å².